The van der Waals surface area contributed by atoms with Gasteiger partial charge >= 0.3 is 0 Å². The number of benzene rings is 1. The standard InChI is InChI=1S/C17H13FN2O2S/c1-11-3-2-4-14(19-11)9-15-16(21)20(17(22)23-15)10-12-5-7-13(18)8-6-12/h2-9H,10H2,1H3/b15-9+. The molecule has 0 bridgehead atoms. The smallest absolute Gasteiger partial charge is 0.268 e. The highest BCUT2D eigenvalue weighted by atomic mass is 32.2. The van der Waals surface area contributed by atoms with Crippen molar-refractivity contribution in [3.63, 3.8) is 0 Å². The second-order valence-electron chi connectivity index (χ2n) is 5.10. The van der Waals surface area contributed by atoms with Crippen LogP contribution in [-0.4, -0.2) is 21.0 Å². The fourth-order valence-electron chi connectivity index (χ4n) is 2.19. The lowest BCUT2D eigenvalue weighted by Crippen LogP contribution is -2.27. The van der Waals surface area contributed by atoms with Crippen molar-refractivity contribution in [1.29, 1.82) is 0 Å². The Kier molecular flexibility index (Phi) is 4.25. The third-order valence-electron chi connectivity index (χ3n) is 3.32. The lowest BCUT2D eigenvalue weighted by Gasteiger charge is -2.12. The fraction of sp³-hybridized carbons (Fsp3) is 0.118. The highest BCUT2D eigenvalue weighted by Gasteiger charge is 2.35. The van der Waals surface area contributed by atoms with Crippen molar-refractivity contribution in [3.8, 4) is 0 Å². The number of hydrogen-bond donors (Lipinski definition) is 0. The third-order valence-corrected chi connectivity index (χ3v) is 4.22. The maximum Gasteiger partial charge on any atom is 0.293 e. The van der Waals surface area contributed by atoms with Crippen LogP contribution in [0.3, 0.4) is 0 Å². The van der Waals surface area contributed by atoms with Crippen molar-refractivity contribution in [3.05, 3.63) is 70.1 Å². The van der Waals surface area contributed by atoms with Gasteiger partial charge in [-0.3, -0.25) is 19.5 Å². The molecular weight excluding hydrogens is 315 g/mol. The fourth-order valence-corrected chi connectivity index (χ4v) is 3.01. The maximum atomic E-state index is 12.9. The SMILES string of the molecule is Cc1cccc(/C=C2/SC(=O)N(Cc3ccc(F)cc3)C2=O)n1. The number of rotatable bonds is 3. The van der Waals surface area contributed by atoms with E-state index in [0.29, 0.717) is 16.2 Å². The number of aryl methyl sites for hydroxylation is 1. The van der Waals surface area contributed by atoms with Crippen molar-refractivity contribution >= 4 is 29.0 Å². The molecule has 6 heteroatoms. The summed E-state index contributed by atoms with van der Waals surface area (Å²) in [5, 5.41) is -0.335. The summed E-state index contributed by atoms with van der Waals surface area (Å²) in [5.41, 5.74) is 2.17. The number of carbonyl (C=O) groups is 2. The molecule has 0 atom stereocenters. The number of thioether (sulfide) groups is 1. The van der Waals surface area contributed by atoms with E-state index < -0.39 is 0 Å². The predicted octanol–water partition coefficient (Wildman–Crippen LogP) is 3.77. The van der Waals surface area contributed by atoms with Crippen LogP contribution in [0.2, 0.25) is 0 Å². The summed E-state index contributed by atoms with van der Waals surface area (Å²) in [5.74, 6) is -0.707. The summed E-state index contributed by atoms with van der Waals surface area (Å²) in [6, 6.07) is 11.2. The van der Waals surface area contributed by atoms with Gasteiger partial charge in [-0.25, -0.2) is 4.39 Å². The molecule has 2 heterocycles. The van der Waals surface area contributed by atoms with E-state index in [1.807, 2.05) is 19.1 Å². The van der Waals surface area contributed by atoms with Gasteiger partial charge in [0.15, 0.2) is 0 Å². The molecule has 1 aliphatic rings. The van der Waals surface area contributed by atoms with Crippen molar-refractivity contribution in [2.24, 2.45) is 0 Å². The van der Waals surface area contributed by atoms with Crippen LogP contribution in [0.5, 0.6) is 0 Å². The second-order valence-corrected chi connectivity index (χ2v) is 6.09. The Hall–Kier alpha value is -2.47. The monoisotopic (exact) mass is 328 g/mol. The molecule has 0 unspecified atom stereocenters. The molecular formula is C17H13FN2O2S. The first-order valence-corrected chi connectivity index (χ1v) is 7.78. The molecule has 1 aromatic heterocycles. The van der Waals surface area contributed by atoms with Gasteiger partial charge in [0.2, 0.25) is 0 Å². The maximum absolute atomic E-state index is 12.9. The highest BCUT2D eigenvalue weighted by Crippen LogP contribution is 2.33. The normalized spacial score (nSPS) is 16.4. The summed E-state index contributed by atoms with van der Waals surface area (Å²) in [6.45, 7) is 1.99. The Morgan fingerprint density at radius 1 is 1.17 bits per heavy atom. The molecule has 0 spiro atoms. The Balaban J connectivity index is 1.81. The molecule has 1 fully saturated rings. The van der Waals surface area contributed by atoms with Crippen LogP contribution in [0, 0.1) is 12.7 Å². The van der Waals surface area contributed by atoms with Gasteiger partial charge in [-0.05, 0) is 54.6 Å². The van der Waals surface area contributed by atoms with Gasteiger partial charge < -0.3 is 0 Å². The van der Waals surface area contributed by atoms with Crippen LogP contribution in [-0.2, 0) is 11.3 Å². The van der Waals surface area contributed by atoms with Gasteiger partial charge in [0.25, 0.3) is 11.1 Å². The average molecular weight is 328 g/mol. The van der Waals surface area contributed by atoms with Crippen LogP contribution in [0.1, 0.15) is 17.0 Å². The summed E-state index contributed by atoms with van der Waals surface area (Å²) >= 11 is 0.889. The number of pyridine rings is 1. The molecule has 1 aromatic carbocycles. The third kappa shape index (κ3) is 3.48. The number of hydrogen-bond acceptors (Lipinski definition) is 4. The largest absolute Gasteiger partial charge is 0.293 e. The second kappa shape index (κ2) is 6.34. The van der Waals surface area contributed by atoms with Gasteiger partial charge in [-0.15, -0.1) is 0 Å². The molecule has 0 aliphatic carbocycles. The molecule has 0 radical (unpaired) electrons. The number of halogens is 1. The number of imide groups is 1. The van der Waals surface area contributed by atoms with Crippen molar-refractivity contribution in [2.45, 2.75) is 13.5 Å². The average Bonchev–Trinajstić information content (AvgIpc) is 2.77. The molecule has 23 heavy (non-hydrogen) atoms. The van der Waals surface area contributed by atoms with Crippen LogP contribution >= 0.6 is 11.8 Å². The molecule has 2 amide bonds. The summed E-state index contributed by atoms with van der Waals surface area (Å²) in [6.07, 6.45) is 1.61. The van der Waals surface area contributed by atoms with Gasteiger partial charge in [0.05, 0.1) is 17.1 Å². The Bertz CT molecular complexity index is 802. The molecule has 116 valence electrons. The van der Waals surface area contributed by atoms with E-state index >= 15 is 0 Å². The van der Waals surface area contributed by atoms with Crippen LogP contribution in [0.4, 0.5) is 9.18 Å². The number of amides is 2. The van der Waals surface area contributed by atoms with Gasteiger partial charge in [0, 0.05) is 5.69 Å². The predicted molar refractivity (Wildman–Crippen MR) is 86.9 cm³/mol. The van der Waals surface area contributed by atoms with E-state index in [2.05, 4.69) is 4.98 Å². The molecule has 1 aliphatic heterocycles. The van der Waals surface area contributed by atoms with E-state index in [4.69, 9.17) is 0 Å². The highest BCUT2D eigenvalue weighted by molar-refractivity contribution is 8.18. The minimum atomic E-state index is -0.354. The Labute approximate surface area is 137 Å². The first kappa shape index (κ1) is 15.4. The van der Waals surface area contributed by atoms with E-state index in [0.717, 1.165) is 22.4 Å². The minimum Gasteiger partial charge on any atom is -0.268 e. The number of nitrogens with zero attached hydrogens (tertiary/aromatic N) is 2. The summed E-state index contributed by atoms with van der Waals surface area (Å²) in [7, 11) is 0. The first-order valence-electron chi connectivity index (χ1n) is 6.96. The summed E-state index contributed by atoms with van der Waals surface area (Å²) in [4.78, 5) is 30.2. The molecule has 1 saturated heterocycles. The molecule has 0 saturated carbocycles. The molecule has 0 N–H and O–H groups in total. The molecule has 2 aromatic rings. The Morgan fingerprint density at radius 2 is 1.91 bits per heavy atom. The van der Waals surface area contributed by atoms with Crippen LogP contribution in [0.15, 0.2) is 47.4 Å². The van der Waals surface area contributed by atoms with E-state index in [9.17, 15) is 14.0 Å². The minimum absolute atomic E-state index is 0.129. The van der Waals surface area contributed by atoms with E-state index in [-0.39, 0.29) is 23.5 Å². The van der Waals surface area contributed by atoms with Crippen molar-refractivity contribution < 1.29 is 14.0 Å². The topological polar surface area (TPSA) is 50.3 Å². The van der Waals surface area contributed by atoms with Crippen LogP contribution in [0.25, 0.3) is 6.08 Å². The molecule has 4 nitrogen and oxygen atoms in total. The van der Waals surface area contributed by atoms with E-state index in [1.54, 1.807) is 24.3 Å². The zero-order chi connectivity index (χ0) is 16.4. The van der Waals surface area contributed by atoms with Gasteiger partial charge in [0.1, 0.15) is 5.82 Å². The summed E-state index contributed by atoms with van der Waals surface area (Å²) < 4.78 is 12.9. The lowest BCUT2D eigenvalue weighted by atomic mass is 10.2. The number of carbonyl (C=O) groups excluding carboxylic acids is 2. The zero-order valence-corrected chi connectivity index (χ0v) is 13.1. The lowest BCUT2D eigenvalue weighted by molar-refractivity contribution is -0.123. The quantitative estimate of drug-likeness (QED) is 0.805. The number of aromatic nitrogens is 1. The van der Waals surface area contributed by atoms with Crippen molar-refractivity contribution in [2.75, 3.05) is 0 Å². The first-order chi connectivity index (χ1) is 11.0. The zero-order valence-electron chi connectivity index (χ0n) is 12.3. The Morgan fingerprint density at radius 3 is 2.61 bits per heavy atom. The van der Waals surface area contributed by atoms with Gasteiger partial charge in [-0.1, -0.05) is 18.2 Å². The van der Waals surface area contributed by atoms with Gasteiger partial charge in [-0.2, -0.15) is 0 Å². The van der Waals surface area contributed by atoms with E-state index in [1.165, 1.54) is 12.1 Å². The van der Waals surface area contributed by atoms with Crippen LogP contribution < -0.4 is 0 Å². The molecule has 3 rings (SSSR count). The van der Waals surface area contributed by atoms with Crippen molar-refractivity contribution in [1.82, 2.24) is 9.88 Å².